The SMILES string of the molecule is CCN(CC)C(=O)CN1CCC2(CC1)NCCc1ccccc12. The second kappa shape index (κ2) is 7.02. The molecule has 0 unspecified atom stereocenters. The lowest BCUT2D eigenvalue weighted by molar-refractivity contribution is -0.132. The van der Waals surface area contributed by atoms with Crippen molar-refractivity contribution in [2.75, 3.05) is 39.3 Å². The Kier molecular flexibility index (Phi) is 5.02. The Morgan fingerprint density at radius 3 is 2.61 bits per heavy atom. The molecule has 0 aromatic heterocycles. The number of likely N-dealkylation sites (tertiary alicyclic amines) is 1. The highest BCUT2D eigenvalue weighted by Gasteiger charge is 2.39. The van der Waals surface area contributed by atoms with E-state index in [4.69, 9.17) is 0 Å². The first-order valence-electron chi connectivity index (χ1n) is 9.02. The van der Waals surface area contributed by atoms with Gasteiger partial charge in [-0.2, -0.15) is 0 Å². The summed E-state index contributed by atoms with van der Waals surface area (Å²) in [5.74, 6) is 0.267. The topological polar surface area (TPSA) is 35.6 Å². The largest absolute Gasteiger partial charge is 0.342 e. The summed E-state index contributed by atoms with van der Waals surface area (Å²) < 4.78 is 0. The van der Waals surface area contributed by atoms with E-state index >= 15 is 0 Å². The van der Waals surface area contributed by atoms with Crippen molar-refractivity contribution in [2.45, 2.75) is 38.6 Å². The number of hydrogen-bond donors (Lipinski definition) is 1. The Balaban J connectivity index is 1.64. The van der Waals surface area contributed by atoms with Gasteiger partial charge in [-0.25, -0.2) is 0 Å². The summed E-state index contributed by atoms with van der Waals surface area (Å²) in [6.07, 6.45) is 3.31. The van der Waals surface area contributed by atoms with Crippen LogP contribution in [0, 0.1) is 0 Å². The lowest BCUT2D eigenvalue weighted by atomic mass is 9.76. The third kappa shape index (κ3) is 3.29. The molecule has 3 rings (SSSR count). The number of amides is 1. The average molecular weight is 315 g/mol. The number of likely N-dealkylation sites (N-methyl/N-ethyl adjacent to an activating group) is 1. The van der Waals surface area contributed by atoms with Gasteiger partial charge in [0, 0.05) is 38.3 Å². The Morgan fingerprint density at radius 2 is 1.91 bits per heavy atom. The van der Waals surface area contributed by atoms with E-state index in [2.05, 4.69) is 48.3 Å². The van der Waals surface area contributed by atoms with Gasteiger partial charge in [-0.15, -0.1) is 0 Å². The van der Waals surface area contributed by atoms with Gasteiger partial charge in [-0.3, -0.25) is 9.69 Å². The number of nitrogens with one attached hydrogen (secondary N) is 1. The molecule has 1 N–H and O–H groups in total. The summed E-state index contributed by atoms with van der Waals surface area (Å²) >= 11 is 0. The number of benzene rings is 1. The zero-order valence-corrected chi connectivity index (χ0v) is 14.5. The molecule has 0 saturated carbocycles. The van der Waals surface area contributed by atoms with Crippen molar-refractivity contribution in [3.8, 4) is 0 Å². The third-order valence-corrected chi connectivity index (χ3v) is 5.58. The van der Waals surface area contributed by atoms with Gasteiger partial charge in [0.1, 0.15) is 0 Å². The minimum absolute atomic E-state index is 0.129. The maximum Gasteiger partial charge on any atom is 0.236 e. The van der Waals surface area contributed by atoms with Gasteiger partial charge in [-0.1, -0.05) is 24.3 Å². The van der Waals surface area contributed by atoms with Crippen LogP contribution >= 0.6 is 0 Å². The van der Waals surface area contributed by atoms with Crippen molar-refractivity contribution in [2.24, 2.45) is 0 Å². The molecular weight excluding hydrogens is 286 g/mol. The van der Waals surface area contributed by atoms with E-state index in [9.17, 15) is 4.79 Å². The molecule has 4 nitrogen and oxygen atoms in total. The Hall–Kier alpha value is -1.39. The molecule has 1 saturated heterocycles. The van der Waals surface area contributed by atoms with Gasteiger partial charge in [0.15, 0.2) is 0 Å². The fourth-order valence-electron chi connectivity index (χ4n) is 4.14. The van der Waals surface area contributed by atoms with Crippen LogP contribution in [0.15, 0.2) is 24.3 Å². The summed E-state index contributed by atoms with van der Waals surface area (Å²) in [6.45, 7) is 9.34. The third-order valence-electron chi connectivity index (χ3n) is 5.58. The second-order valence-corrected chi connectivity index (χ2v) is 6.76. The Bertz CT molecular complexity index is 545. The van der Waals surface area contributed by atoms with E-state index in [0.29, 0.717) is 6.54 Å². The summed E-state index contributed by atoms with van der Waals surface area (Å²) in [6, 6.07) is 8.87. The second-order valence-electron chi connectivity index (χ2n) is 6.76. The van der Waals surface area contributed by atoms with Crippen LogP contribution in [0.5, 0.6) is 0 Å². The predicted molar refractivity (Wildman–Crippen MR) is 93.4 cm³/mol. The molecule has 2 aliphatic rings. The minimum atomic E-state index is 0.129. The van der Waals surface area contributed by atoms with Gasteiger partial charge < -0.3 is 10.2 Å². The van der Waals surface area contributed by atoms with Gasteiger partial charge in [0.05, 0.1) is 6.54 Å². The molecule has 1 spiro atoms. The molecule has 1 fully saturated rings. The maximum absolute atomic E-state index is 12.3. The van der Waals surface area contributed by atoms with Crippen LogP contribution < -0.4 is 5.32 Å². The van der Waals surface area contributed by atoms with E-state index in [1.165, 1.54) is 11.1 Å². The van der Waals surface area contributed by atoms with E-state index in [-0.39, 0.29) is 11.4 Å². The first-order chi connectivity index (χ1) is 11.2. The van der Waals surface area contributed by atoms with Gasteiger partial charge in [0.2, 0.25) is 5.91 Å². The Labute approximate surface area is 139 Å². The number of rotatable bonds is 4. The molecule has 1 aromatic rings. The maximum atomic E-state index is 12.3. The summed E-state index contributed by atoms with van der Waals surface area (Å²) in [7, 11) is 0. The van der Waals surface area contributed by atoms with Crippen LogP contribution in [0.2, 0.25) is 0 Å². The number of fused-ring (bicyclic) bond motifs is 2. The molecule has 1 amide bonds. The predicted octanol–water partition coefficient (Wildman–Crippen LogP) is 1.99. The van der Waals surface area contributed by atoms with Crippen LogP contribution in [0.3, 0.4) is 0 Å². The fraction of sp³-hybridized carbons (Fsp3) is 0.632. The quantitative estimate of drug-likeness (QED) is 0.923. The monoisotopic (exact) mass is 315 g/mol. The molecular formula is C19H29N3O. The molecule has 0 bridgehead atoms. The van der Waals surface area contributed by atoms with E-state index < -0.39 is 0 Å². The van der Waals surface area contributed by atoms with Crippen LogP contribution in [0.25, 0.3) is 0 Å². The van der Waals surface area contributed by atoms with Gasteiger partial charge >= 0.3 is 0 Å². The van der Waals surface area contributed by atoms with Crippen molar-refractivity contribution >= 4 is 5.91 Å². The normalized spacial score (nSPS) is 20.3. The van der Waals surface area contributed by atoms with E-state index in [1.54, 1.807) is 0 Å². The summed E-state index contributed by atoms with van der Waals surface area (Å²) in [4.78, 5) is 16.6. The molecule has 0 radical (unpaired) electrons. The highest BCUT2D eigenvalue weighted by atomic mass is 16.2. The highest BCUT2D eigenvalue weighted by molar-refractivity contribution is 5.78. The molecule has 0 atom stereocenters. The van der Waals surface area contributed by atoms with Crippen LogP contribution in [0.1, 0.15) is 37.8 Å². The van der Waals surface area contributed by atoms with E-state index in [1.807, 2.05) is 4.90 Å². The standard InChI is InChI=1S/C19H29N3O/c1-3-22(4-2)18(23)15-21-13-10-19(11-14-21)17-8-6-5-7-16(17)9-12-20-19/h5-8,20H,3-4,9-15H2,1-2H3. The van der Waals surface area contributed by atoms with E-state index in [0.717, 1.165) is 52.0 Å². The molecule has 2 aliphatic heterocycles. The number of piperidine rings is 1. The summed E-state index contributed by atoms with van der Waals surface area (Å²) in [5, 5.41) is 3.79. The zero-order valence-electron chi connectivity index (χ0n) is 14.5. The number of carbonyl (C=O) groups is 1. The molecule has 4 heteroatoms. The lowest BCUT2D eigenvalue weighted by Gasteiger charge is -2.46. The molecule has 126 valence electrons. The van der Waals surface area contributed by atoms with Crippen molar-refractivity contribution in [1.82, 2.24) is 15.1 Å². The smallest absolute Gasteiger partial charge is 0.236 e. The number of carbonyl (C=O) groups excluding carboxylic acids is 1. The van der Waals surface area contributed by atoms with Crippen LogP contribution in [0.4, 0.5) is 0 Å². The molecule has 2 heterocycles. The van der Waals surface area contributed by atoms with Crippen LogP contribution in [-0.2, 0) is 16.8 Å². The minimum Gasteiger partial charge on any atom is -0.342 e. The first kappa shape index (κ1) is 16.5. The number of nitrogens with zero attached hydrogens (tertiary/aromatic N) is 2. The van der Waals surface area contributed by atoms with Crippen molar-refractivity contribution in [3.63, 3.8) is 0 Å². The first-order valence-corrected chi connectivity index (χ1v) is 9.02. The van der Waals surface area contributed by atoms with Crippen molar-refractivity contribution in [3.05, 3.63) is 35.4 Å². The van der Waals surface area contributed by atoms with Crippen molar-refractivity contribution < 1.29 is 4.79 Å². The molecule has 23 heavy (non-hydrogen) atoms. The van der Waals surface area contributed by atoms with Gasteiger partial charge in [-0.05, 0) is 44.2 Å². The van der Waals surface area contributed by atoms with Gasteiger partial charge in [0.25, 0.3) is 0 Å². The lowest BCUT2D eigenvalue weighted by Crippen LogP contribution is -2.55. The molecule has 1 aromatic carbocycles. The molecule has 0 aliphatic carbocycles. The Morgan fingerprint density at radius 1 is 1.22 bits per heavy atom. The average Bonchev–Trinajstić information content (AvgIpc) is 2.59. The summed E-state index contributed by atoms with van der Waals surface area (Å²) in [5.41, 5.74) is 3.11. The highest BCUT2D eigenvalue weighted by Crippen LogP contribution is 2.37. The fourth-order valence-corrected chi connectivity index (χ4v) is 4.14. The zero-order chi connectivity index (χ0) is 16.3. The van der Waals surface area contributed by atoms with Crippen LogP contribution in [-0.4, -0.2) is 55.0 Å². The number of hydrogen-bond acceptors (Lipinski definition) is 3. The van der Waals surface area contributed by atoms with Crippen molar-refractivity contribution in [1.29, 1.82) is 0 Å².